The van der Waals surface area contributed by atoms with E-state index in [4.69, 9.17) is 0 Å². The van der Waals surface area contributed by atoms with E-state index in [1.165, 1.54) is 11.1 Å². The van der Waals surface area contributed by atoms with Crippen molar-refractivity contribution in [2.75, 3.05) is 40.3 Å². The van der Waals surface area contributed by atoms with Gasteiger partial charge in [-0.05, 0) is 25.6 Å². The molecule has 1 aromatic heterocycles. The number of alkyl halides is 2. The zero-order valence-electron chi connectivity index (χ0n) is 14.4. The number of hydrogen-bond donors (Lipinski definition) is 0. The predicted molar refractivity (Wildman–Crippen MR) is 87.3 cm³/mol. The zero-order chi connectivity index (χ0) is 17.5. The summed E-state index contributed by atoms with van der Waals surface area (Å²) in [6.07, 6.45) is 3.02. The molecular weight excluding hydrogens is 314 g/mol. The third-order valence-corrected chi connectivity index (χ3v) is 4.88. The molecule has 0 bridgehead atoms. The summed E-state index contributed by atoms with van der Waals surface area (Å²) in [6.45, 7) is 3.60. The van der Waals surface area contributed by atoms with Crippen molar-refractivity contribution in [1.29, 1.82) is 0 Å². The SMILES string of the molecule is Cc1cncc(C(=O)N(C)C[C@@H]2CC(F)(F)CN2C2CN(C)C2)c1. The van der Waals surface area contributed by atoms with Crippen molar-refractivity contribution in [3.05, 3.63) is 29.6 Å². The fourth-order valence-corrected chi connectivity index (χ4v) is 3.69. The van der Waals surface area contributed by atoms with Gasteiger partial charge in [0.2, 0.25) is 0 Å². The van der Waals surface area contributed by atoms with Gasteiger partial charge in [-0.3, -0.25) is 14.7 Å². The molecule has 7 heteroatoms. The topological polar surface area (TPSA) is 39.7 Å². The highest BCUT2D eigenvalue weighted by molar-refractivity contribution is 5.93. The lowest BCUT2D eigenvalue weighted by Gasteiger charge is -2.44. The molecule has 3 rings (SSSR count). The van der Waals surface area contributed by atoms with Crippen LogP contribution in [0, 0.1) is 6.92 Å². The highest BCUT2D eigenvalue weighted by Gasteiger charge is 2.49. The van der Waals surface area contributed by atoms with Crippen molar-refractivity contribution in [3.63, 3.8) is 0 Å². The molecule has 2 aliphatic heterocycles. The second kappa shape index (κ2) is 6.37. The number of aromatic nitrogens is 1. The summed E-state index contributed by atoms with van der Waals surface area (Å²) < 4.78 is 27.8. The normalized spacial score (nSPS) is 24.8. The molecule has 0 radical (unpaired) electrons. The molecule has 2 fully saturated rings. The summed E-state index contributed by atoms with van der Waals surface area (Å²) in [5, 5.41) is 0. The molecule has 0 aliphatic carbocycles. The van der Waals surface area contributed by atoms with E-state index in [1.807, 2.05) is 18.9 Å². The second-order valence-corrected chi connectivity index (χ2v) is 7.20. The predicted octanol–water partition coefficient (Wildman–Crippen LogP) is 1.49. The number of carbonyl (C=O) groups excluding carboxylic acids is 1. The summed E-state index contributed by atoms with van der Waals surface area (Å²) in [5.74, 6) is -2.85. The maximum Gasteiger partial charge on any atom is 0.262 e. The van der Waals surface area contributed by atoms with E-state index >= 15 is 0 Å². The number of likely N-dealkylation sites (tertiary alicyclic amines) is 2. The molecule has 1 amide bonds. The van der Waals surface area contributed by atoms with Crippen LogP contribution in [-0.2, 0) is 0 Å². The lowest BCUT2D eigenvalue weighted by Crippen LogP contribution is -2.60. The number of aryl methyl sites for hydroxylation is 1. The van der Waals surface area contributed by atoms with Gasteiger partial charge in [-0.25, -0.2) is 8.78 Å². The Kier molecular flexibility index (Phi) is 4.57. The smallest absolute Gasteiger partial charge is 0.262 e. The summed E-state index contributed by atoms with van der Waals surface area (Å²) in [6, 6.07) is 1.64. The van der Waals surface area contributed by atoms with E-state index < -0.39 is 5.92 Å². The van der Waals surface area contributed by atoms with Crippen molar-refractivity contribution >= 4 is 5.91 Å². The van der Waals surface area contributed by atoms with Crippen LogP contribution in [0.4, 0.5) is 8.78 Å². The average Bonchev–Trinajstić information content (AvgIpc) is 2.77. The van der Waals surface area contributed by atoms with Crippen molar-refractivity contribution in [2.24, 2.45) is 0 Å². The Hall–Kier alpha value is -1.60. The number of amides is 1. The van der Waals surface area contributed by atoms with E-state index in [9.17, 15) is 13.6 Å². The Morgan fingerprint density at radius 2 is 2.12 bits per heavy atom. The molecule has 0 spiro atoms. The van der Waals surface area contributed by atoms with Gasteiger partial charge in [0, 0.05) is 57.6 Å². The minimum atomic E-state index is -2.67. The van der Waals surface area contributed by atoms with Crippen LogP contribution in [-0.4, -0.2) is 83.9 Å². The van der Waals surface area contributed by atoms with Crippen LogP contribution in [0.25, 0.3) is 0 Å². The van der Waals surface area contributed by atoms with Gasteiger partial charge >= 0.3 is 0 Å². The molecule has 3 heterocycles. The Morgan fingerprint density at radius 1 is 1.42 bits per heavy atom. The highest BCUT2D eigenvalue weighted by Crippen LogP contribution is 2.35. The molecule has 24 heavy (non-hydrogen) atoms. The lowest BCUT2D eigenvalue weighted by atomic mass is 10.1. The first kappa shape index (κ1) is 17.2. The molecule has 0 saturated carbocycles. The Labute approximate surface area is 141 Å². The van der Waals surface area contributed by atoms with E-state index in [0.717, 1.165) is 18.7 Å². The van der Waals surface area contributed by atoms with Gasteiger partial charge in [0.1, 0.15) is 0 Å². The number of pyridine rings is 1. The van der Waals surface area contributed by atoms with E-state index in [-0.39, 0.29) is 31.0 Å². The quantitative estimate of drug-likeness (QED) is 0.834. The standard InChI is InChI=1S/C17H24F2N4O/c1-12-4-13(7-20-6-12)16(24)22(3)10-14-5-17(18,19)11-23(14)15-8-21(2)9-15/h4,6-7,14-15H,5,8-11H2,1-3H3/t14-/m0/s1. The average molecular weight is 338 g/mol. The van der Waals surface area contributed by atoms with Gasteiger partial charge in [-0.15, -0.1) is 0 Å². The second-order valence-electron chi connectivity index (χ2n) is 7.20. The summed E-state index contributed by atoms with van der Waals surface area (Å²) in [4.78, 5) is 22.1. The van der Waals surface area contributed by atoms with E-state index in [2.05, 4.69) is 9.88 Å². The van der Waals surface area contributed by atoms with Crippen LogP contribution in [0.1, 0.15) is 22.3 Å². The lowest BCUT2D eigenvalue weighted by molar-refractivity contribution is -0.00983. The van der Waals surface area contributed by atoms with Crippen molar-refractivity contribution in [2.45, 2.75) is 31.4 Å². The van der Waals surface area contributed by atoms with Gasteiger partial charge in [0.05, 0.1) is 12.1 Å². The Bertz CT molecular complexity index is 618. The van der Waals surface area contributed by atoms with Crippen molar-refractivity contribution in [1.82, 2.24) is 19.7 Å². The van der Waals surface area contributed by atoms with Gasteiger partial charge < -0.3 is 9.80 Å². The fourth-order valence-electron chi connectivity index (χ4n) is 3.69. The Balaban J connectivity index is 1.67. The monoisotopic (exact) mass is 338 g/mol. The Morgan fingerprint density at radius 3 is 2.75 bits per heavy atom. The molecule has 0 aromatic carbocycles. The first-order valence-electron chi connectivity index (χ1n) is 8.24. The largest absolute Gasteiger partial charge is 0.340 e. The fraction of sp³-hybridized carbons (Fsp3) is 0.647. The van der Waals surface area contributed by atoms with Crippen LogP contribution in [0.5, 0.6) is 0 Å². The summed E-state index contributed by atoms with van der Waals surface area (Å²) >= 11 is 0. The number of hydrogen-bond acceptors (Lipinski definition) is 4. The van der Waals surface area contributed by atoms with Crippen LogP contribution in [0.2, 0.25) is 0 Å². The maximum atomic E-state index is 13.9. The molecule has 2 aliphatic rings. The van der Waals surface area contributed by atoms with Gasteiger partial charge in [0.15, 0.2) is 0 Å². The minimum Gasteiger partial charge on any atom is -0.340 e. The molecule has 132 valence electrons. The van der Waals surface area contributed by atoms with Crippen LogP contribution in [0.3, 0.4) is 0 Å². The first-order chi connectivity index (χ1) is 11.2. The zero-order valence-corrected chi connectivity index (χ0v) is 14.4. The minimum absolute atomic E-state index is 0.164. The number of halogens is 2. The third kappa shape index (κ3) is 3.57. The number of carbonyl (C=O) groups is 1. The molecule has 0 N–H and O–H groups in total. The molecule has 5 nitrogen and oxygen atoms in total. The van der Waals surface area contributed by atoms with Gasteiger partial charge in [-0.2, -0.15) is 0 Å². The highest BCUT2D eigenvalue weighted by atomic mass is 19.3. The number of nitrogens with zero attached hydrogens (tertiary/aromatic N) is 4. The summed E-state index contributed by atoms with van der Waals surface area (Å²) in [5.41, 5.74) is 1.40. The molecule has 2 saturated heterocycles. The number of likely N-dealkylation sites (N-methyl/N-ethyl adjacent to an activating group) is 2. The third-order valence-electron chi connectivity index (χ3n) is 4.88. The summed E-state index contributed by atoms with van der Waals surface area (Å²) in [7, 11) is 3.66. The van der Waals surface area contributed by atoms with Crippen molar-refractivity contribution < 1.29 is 13.6 Å². The van der Waals surface area contributed by atoms with Crippen LogP contribution in [0.15, 0.2) is 18.5 Å². The van der Waals surface area contributed by atoms with Gasteiger partial charge in [-0.1, -0.05) is 0 Å². The van der Waals surface area contributed by atoms with E-state index in [1.54, 1.807) is 19.3 Å². The number of rotatable bonds is 4. The van der Waals surface area contributed by atoms with Gasteiger partial charge in [0.25, 0.3) is 11.8 Å². The molecule has 1 atom stereocenters. The molecule has 0 unspecified atom stereocenters. The van der Waals surface area contributed by atoms with Crippen LogP contribution >= 0.6 is 0 Å². The first-order valence-corrected chi connectivity index (χ1v) is 8.24. The van der Waals surface area contributed by atoms with Crippen LogP contribution < -0.4 is 0 Å². The molecule has 1 aromatic rings. The van der Waals surface area contributed by atoms with E-state index in [0.29, 0.717) is 12.1 Å². The maximum absolute atomic E-state index is 13.9. The molecular formula is C17H24F2N4O. The van der Waals surface area contributed by atoms with Crippen molar-refractivity contribution in [3.8, 4) is 0 Å².